The van der Waals surface area contributed by atoms with Gasteiger partial charge in [0, 0.05) is 29.6 Å². The van der Waals surface area contributed by atoms with Gasteiger partial charge in [0.25, 0.3) is 0 Å². The minimum Gasteiger partial charge on any atom is -0.437 e. The first kappa shape index (κ1) is 23.3. The number of benzene rings is 1. The lowest BCUT2D eigenvalue weighted by molar-refractivity contribution is -0.210. The van der Waals surface area contributed by atoms with E-state index in [9.17, 15) is 22.0 Å². The number of hydrogen-bond donors (Lipinski definition) is 0. The fourth-order valence-electron chi connectivity index (χ4n) is 4.62. The molecule has 2 aromatic heterocycles. The Morgan fingerprint density at radius 1 is 1.11 bits per heavy atom. The summed E-state index contributed by atoms with van der Waals surface area (Å²) in [6, 6.07) is 3.75. The molecule has 1 atom stereocenters. The van der Waals surface area contributed by atoms with Gasteiger partial charge in [0.05, 0.1) is 28.9 Å². The summed E-state index contributed by atoms with van der Waals surface area (Å²) in [6.45, 7) is 4.23. The largest absolute Gasteiger partial charge is 0.437 e. The van der Waals surface area contributed by atoms with E-state index >= 15 is 0 Å². The molecular weight excluding hydrogens is 465 g/mol. The number of alkyl halides is 3. The summed E-state index contributed by atoms with van der Waals surface area (Å²) in [7, 11) is 1.79. The molecule has 1 aliphatic heterocycles. The first-order valence-electron chi connectivity index (χ1n) is 11.0. The molecule has 0 saturated carbocycles. The minimum absolute atomic E-state index is 0.0904. The lowest BCUT2D eigenvalue weighted by Gasteiger charge is -2.32. The number of nitrogens with zero attached hydrogens (tertiary/aromatic N) is 3. The molecule has 1 aliphatic carbocycles. The zero-order valence-corrected chi connectivity index (χ0v) is 19.5. The first-order chi connectivity index (χ1) is 16.4. The summed E-state index contributed by atoms with van der Waals surface area (Å²) >= 11 is 0. The topological polar surface area (TPSA) is 41.6 Å². The number of fused-ring (bicyclic) bond motifs is 4. The molecule has 0 bridgehead atoms. The highest BCUT2D eigenvalue weighted by Gasteiger charge is 2.47. The average Bonchev–Trinajstić information content (AvgIpc) is 3.12. The molecular formula is C26H22F5N3O. The van der Waals surface area contributed by atoms with Crippen LogP contribution in [0.2, 0.25) is 0 Å². The Morgan fingerprint density at radius 3 is 2.57 bits per heavy atom. The number of aryl methyl sites for hydroxylation is 1. The highest BCUT2D eigenvalue weighted by atomic mass is 19.4. The van der Waals surface area contributed by atoms with E-state index in [0.717, 1.165) is 16.8 Å². The standard InChI is InChI=1S/C26H22F5N3O/c1-13-5-7-16-21-17(27)10-19(28)33-24(21)35-23(16)20(13)22-15-8-6-14(9-18(15)32-12-34(22)4)11-25(2,3)26(29,30)31/h5-10,12,18H,11H2,1-4H3. The van der Waals surface area contributed by atoms with Crippen molar-refractivity contribution in [3.63, 3.8) is 0 Å². The Kier molecular flexibility index (Phi) is 5.16. The SMILES string of the molecule is Cc1ccc2c(oc3nc(F)cc(F)c32)c1C1=C2C=CC(CC(C)(C)C(F)(F)F)=CC2N=CN1C. The highest BCUT2D eigenvalue weighted by Crippen LogP contribution is 2.45. The summed E-state index contributed by atoms with van der Waals surface area (Å²) in [5.74, 6) is -1.75. The van der Waals surface area contributed by atoms with Crippen LogP contribution in [-0.2, 0) is 0 Å². The third-order valence-electron chi connectivity index (χ3n) is 6.59. The van der Waals surface area contributed by atoms with Crippen LogP contribution in [0.3, 0.4) is 0 Å². The molecule has 0 radical (unpaired) electrons. The predicted molar refractivity (Wildman–Crippen MR) is 125 cm³/mol. The van der Waals surface area contributed by atoms with Gasteiger partial charge < -0.3 is 9.32 Å². The molecule has 0 spiro atoms. The quantitative estimate of drug-likeness (QED) is 0.292. The van der Waals surface area contributed by atoms with E-state index in [1.54, 1.807) is 42.6 Å². The summed E-state index contributed by atoms with van der Waals surface area (Å²) in [4.78, 5) is 10.0. The molecule has 3 heterocycles. The fraction of sp³-hybridized carbons (Fsp3) is 0.308. The Bertz CT molecular complexity index is 1490. The van der Waals surface area contributed by atoms with Crippen molar-refractivity contribution in [3.8, 4) is 0 Å². The molecule has 5 rings (SSSR count). The summed E-state index contributed by atoms with van der Waals surface area (Å²) in [6.07, 6.45) is 2.27. The molecule has 3 aromatic rings. The maximum atomic E-state index is 14.6. The van der Waals surface area contributed by atoms with E-state index < -0.39 is 29.4 Å². The maximum Gasteiger partial charge on any atom is 0.394 e. The molecule has 4 nitrogen and oxygen atoms in total. The van der Waals surface area contributed by atoms with Crippen molar-refractivity contribution in [2.75, 3.05) is 7.05 Å². The predicted octanol–water partition coefficient (Wildman–Crippen LogP) is 7.10. The minimum atomic E-state index is -4.34. The van der Waals surface area contributed by atoms with Crippen molar-refractivity contribution < 1.29 is 26.4 Å². The Labute approximate surface area is 198 Å². The summed E-state index contributed by atoms with van der Waals surface area (Å²) in [5, 5.41) is 0.543. The van der Waals surface area contributed by atoms with E-state index in [-0.39, 0.29) is 17.5 Å². The van der Waals surface area contributed by atoms with E-state index in [0.29, 0.717) is 28.2 Å². The molecule has 1 unspecified atom stereocenters. The third-order valence-corrected chi connectivity index (χ3v) is 6.59. The van der Waals surface area contributed by atoms with Gasteiger partial charge in [-0.05, 0) is 24.5 Å². The highest BCUT2D eigenvalue weighted by molar-refractivity contribution is 6.08. The number of aromatic nitrogens is 1. The van der Waals surface area contributed by atoms with Gasteiger partial charge in [0.2, 0.25) is 11.7 Å². The van der Waals surface area contributed by atoms with E-state index in [1.807, 2.05) is 13.0 Å². The number of pyridine rings is 1. The summed E-state index contributed by atoms with van der Waals surface area (Å²) in [5.41, 5.74) is 1.83. The molecule has 2 aliphatic rings. The van der Waals surface area contributed by atoms with Crippen LogP contribution in [0.25, 0.3) is 27.8 Å². The zero-order valence-electron chi connectivity index (χ0n) is 19.5. The molecule has 0 saturated heterocycles. The molecule has 182 valence electrons. The third kappa shape index (κ3) is 3.73. The van der Waals surface area contributed by atoms with Crippen LogP contribution in [0.15, 0.2) is 57.0 Å². The monoisotopic (exact) mass is 487 g/mol. The lowest BCUT2D eigenvalue weighted by Crippen LogP contribution is -2.33. The second-order valence-corrected chi connectivity index (χ2v) is 9.60. The van der Waals surface area contributed by atoms with Gasteiger partial charge >= 0.3 is 6.18 Å². The number of rotatable bonds is 3. The molecule has 1 aromatic carbocycles. The zero-order chi connectivity index (χ0) is 25.3. The van der Waals surface area contributed by atoms with E-state index in [2.05, 4.69) is 9.98 Å². The fourth-order valence-corrected chi connectivity index (χ4v) is 4.62. The lowest BCUT2D eigenvalue weighted by atomic mass is 9.81. The first-order valence-corrected chi connectivity index (χ1v) is 11.0. The number of allylic oxidation sites excluding steroid dienone is 2. The van der Waals surface area contributed by atoms with Crippen LogP contribution in [0.1, 0.15) is 31.4 Å². The molecule has 35 heavy (non-hydrogen) atoms. The van der Waals surface area contributed by atoms with E-state index in [4.69, 9.17) is 4.42 Å². The maximum absolute atomic E-state index is 14.6. The van der Waals surface area contributed by atoms with Crippen LogP contribution in [0, 0.1) is 24.1 Å². The van der Waals surface area contributed by atoms with Gasteiger partial charge in [-0.1, -0.05) is 44.2 Å². The van der Waals surface area contributed by atoms with Crippen molar-refractivity contribution in [3.05, 3.63) is 70.5 Å². The van der Waals surface area contributed by atoms with Gasteiger partial charge in [-0.2, -0.15) is 22.5 Å². The van der Waals surface area contributed by atoms with Crippen molar-refractivity contribution >= 4 is 34.1 Å². The smallest absolute Gasteiger partial charge is 0.394 e. The van der Waals surface area contributed by atoms with Crippen molar-refractivity contribution in [1.29, 1.82) is 0 Å². The molecule has 0 fully saturated rings. The van der Waals surface area contributed by atoms with Crippen molar-refractivity contribution in [1.82, 2.24) is 9.88 Å². The van der Waals surface area contributed by atoms with Crippen LogP contribution in [0.5, 0.6) is 0 Å². The Hall–Kier alpha value is -3.49. The van der Waals surface area contributed by atoms with Crippen molar-refractivity contribution in [2.24, 2.45) is 10.4 Å². The van der Waals surface area contributed by atoms with Gasteiger partial charge in [-0.3, -0.25) is 4.99 Å². The number of furan rings is 1. The number of halogens is 5. The molecule has 9 heteroatoms. The van der Waals surface area contributed by atoms with Crippen LogP contribution in [0.4, 0.5) is 22.0 Å². The average molecular weight is 487 g/mol. The van der Waals surface area contributed by atoms with E-state index in [1.165, 1.54) is 13.8 Å². The second-order valence-electron chi connectivity index (χ2n) is 9.60. The molecule has 0 N–H and O–H groups in total. The molecule has 0 amide bonds. The van der Waals surface area contributed by atoms with Crippen LogP contribution in [-0.4, -0.2) is 35.5 Å². The number of aliphatic imine (C=N–C) groups is 1. The van der Waals surface area contributed by atoms with Gasteiger partial charge in [0.15, 0.2) is 0 Å². The Morgan fingerprint density at radius 2 is 1.86 bits per heavy atom. The summed E-state index contributed by atoms with van der Waals surface area (Å²) < 4.78 is 74.5. The van der Waals surface area contributed by atoms with Gasteiger partial charge in [-0.15, -0.1) is 0 Å². The van der Waals surface area contributed by atoms with Crippen LogP contribution < -0.4 is 0 Å². The van der Waals surface area contributed by atoms with Gasteiger partial charge in [-0.25, -0.2) is 4.39 Å². The van der Waals surface area contributed by atoms with Crippen LogP contribution >= 0.6 is 0 Å². The second kappa shape index (κ2) is 7.76. The van der Waals surface area contributed by atoms with Gasteiger partial charge in [0.1, 0.15) is 11.4 Å². The normalized spacial score (nSPS) is 18.6. The van der Waals surface area contributed by atoms with Crippen molar-refractivity contribution in [2.45, 2.75) is 39.4 Å². The number of hydrogen-bond acceptors (Lipinski definition) is 4. The Balaban J connectivity index is 1.67.